The zero-order chi connectivity index (χ0) is 20.7. The maximum absolute atomic E-state index is 12.3. The number of nitrogens with one attached hydrogen (secondary N) is 2. The van der Waals surface area contributed by atoms with Crippen LogP contribution < -0.4 is 10.9 Å². The van der Waals surface area contributed by atoms with Crippen LogP contribution in [0.4, 0.5) is 0 Å². The van der Waals surface area contributed by atoms with Crippen molar-refractivity contribution in [3.63, 3.8) is 0 Å². The molecule has 7 nitrogen and oxygen atoms in total. The molecule has 0 amide bonds. The highest BCUT2D eigenvalue weighted by Gasteiger charge is 2.26. The maximum Gasteiger partial charge on any atom is 0.345 e. The first-order valence-electron chi connectivity index (χ1n) is 9.96. The molecule has 2 aromatic heterocycles. The summed E-state index contributed by atoms with van der Waals surface area (Å²) in [6.45, 7) is 3.93. The topological polar surface area (TPSA) is 107 Å². The van der Waals surface area contributed by atoms with Crippen LogP contribution in [0.25, 0.3) is 22.2 Å². The fraction of sp³-hybridized carbons (Fsp3) is 0.364. The first-order valence-corrected chi connectivity index (χ1v) is 9.96. The van der Waals surface area contributed by atoms with Crippen LogP contribution >= 0.6 is 0 Å². The molecular formula is C22H25N3O4. The first kappa shape index (κ1) is 19.3. The molecule has 0 spiro atoms. The lowest BCUT2D eigenvalue weighted by Crippen LogP contribution is -2.20. The van der Waals surface area contributed by atoms with Gasteiger partial charge in [0.15, 0.2) is 5.56 Å². The van der Waals surface area contributed by atoms with E-state index in [9.17, 15) is 19.8 Å². The van der Waals surface area contributed by atoms with Crippen molar-refractivity contribution >= 4 is 16.9 Å². The summed E-state index contributed by atoms with van der Waals surface area (Å²) in [5.74, 6) is -1.83. The molecule has 0 radical (unpaired) electrons. The van der Waals surface area contributed by atoms with E-state index in [1.54, 1.807) is 0 Å². The summed E-state index contributed by atoms with van der Waals surface area (Å²) in [4.78, 5) is 26.5. The number of carbonyl (C=O) groups is 1. The van der Waals surface area contributed by atoms with Gasteiger partial charge in [-0.25, -0.2) is 4.79 Å². The van der Waals surface area contributed by atoms with Gasteiger partial charge in [0.25, 0.3) is 5.56 Å². The lowest BCUT2D eigenvalue weighted by atomic mass is 9.98. The van der Waals surface area contributed by atoms with Crippen molar-refractivity contribution in [3.8, 4) is 17.0 Å². The summed E-state index contributed by atoms with van der Waals surface area (Å²) in [5.41, 5.74) is 3.98. The molecule has 0 saturated heterocycles. The van der Waals surface area contributed by atoms with Gasteiger partial charge in [0.1, 0.15) is 5.75 Å². The molecule has 29 heavy (non-hydrogen) atoms. The Morgan fingerprint density at radius 3 is 2.79 bits per heavy atom. The van der Waals surface area contributed by atoms with E-state index in [0.717, 1.165) is 54.4 Å². The second kappa shape index (κ2) is 7.40. The summed E-state index contributed by atoms with van der Waals surface area (Å²) in [5, 5.41) is 24.2. The molecule has 4 rings (SSSR count). The normalized spacial score (nSPS) is 13.2. The number of fused-ring (bicyclic) bond motifs is 4. The Hall–Kier alpha value is -3.06. The minimum Gasteiger partial charge on any atom is -0.506 e. The number of aromatic hydroxyl groups is 1. The molecule has 1 aliphatic carbocycles. The Balaban J connectivity index is 1.89. The van der Waals surface area contributed by atoms with E-state index in [4.69, 9.17) is 0 Å². The monoisotopic (exact) mass is 395 g/mol. The highest BCUT2D eigenvalue weighted by atomic mass is 16.4. The number of nitrogens with zero attached hydrogens (tertiary/aromatic N) is 1. The van der Waals surface area contributed by atoms with Crippen molar-refractivity contribution in [3.05, 3.63) is 50.9 Å². The third kappa shape index (κ3) is 3.21. The standard InChI is InChI=1S/C22H25N3O4/c1-3-23-8-7-14-9-13-10-16-12(11-17(13)25(14)2)5-4-6-15-19(16)24-21(27)18(20(15)26)22(28)29/h9-11,23H,3-8H2,1-2H3,(H,28,29)(H2,24,26,27). The number of hydrogen-bond donors (Lipinski definition) is 4. The minimum absolute atomic E-state index is 0.413. The number of likely N-dealkylation sites (N-methyl/N-ethyl adjacent to an activating group) is 1. The van der Waals surface area contributed by atoms with Crippen molar-refractivity contribution in [1.82, 2.24) is 14.9 Å². The van der Waals surface area contributed by atoms with Crippen LogP contribution in [0.2, 0.25) is 0 Å². The third-order valence-corrected chi connectivity index (χ3v) is 5.82. The number of H-pyrrole nitrogens is 1. The second-order valence-corrected chi connectivity index (χ2v) is 7.56. The predicted molar refractivity (Wildman–Crippen MR) is 112 cm³/mol. The highest BCUT2D eigenvalue weighted by molar-refractivity contribution is 5.93. The Morgan fingerprint density at radius 1 is 1.28 bits per heavy atom. The number of carboxylic acids is 1. The minimum atomic E-state index is -1.42. The van der Waals surface area contributed by atoms with Gasteiger partial charge in [-0.1, -0.05) is 6.92 Å². The van der Waals surface area contributed by atoms with E-state index >= 15 is 0 Å². The summed E-state index contributed by atoms with van der Waals surface area (Å²) >= 11 is 0. The van der Waals surface area contributed by atoms with Gasteiger partial charge in [0.05, 0.1) is 5.69 Å². The van der Waals surface area contributed by atoms with Crippen LogP contribution in [0.15, 0.2) is 23.0 Å². The molecular weight excluding hydrogens is 370 g/mol. The van der Waals surface area contributed by atoms with Crippen LogP contribution in [0.1, 0.15) is 40.5 Å². The van der Waals surface area contributed by atoms with Gasteiger partial charge in [-0.05, 0) is 49.6 Å². The van der Waals surface area contributed by atoms with E-state index < -0.39 is 22.8 Å². The second-order valence-electron chi connectivity index (χ2n) is 7.56. The number of aromatic amines is 1. The van der Waals surface area contributed by atoms with E-state index in [2.05, 4.69) is 41.0 Å². The van der Waals surface area contributed by atoms with Gasteiger partial charge in [0, 0.05) is 47.7 Å². The number of rotatable bonds is 5. The number of carboxylic acid groups (broad SMARTS) is 1. The van der Waals surface area contributed by atoms with Crippen LogP contribution in [0.3, 0.4) is 0 Å². The summed E-state index contributed by atoms with van der Waals surface area (Å²) in [6.07, 6.45) is 2.99. The fourth-order valence-electron chi connectivity index (χ4n) is 4.31. The average molecular weight is 395 g/mol. The molecule has 152 valence electrons. The number of benzene rings is 1. The zero-order valence-corrected chi connectivity index (χ0v) is 16.6. The zero-order valence-electron chi connectivity index (χ0n) is 16.6. The molecule has 0 unspecified atom stereocenters. The van der Waals surface area contributed by atoms with Crippen LogP contribution in [-0.2, 0) is 26.3 Å². The van der Waals surface area contributed by atoms with Crippen LogP contribution in [-0.4, -0.2) is 38.8 Å². The molecule has 7 heteroatoms. The van der Waals surface area contributed by atoms with Crippen molar-refractivity contribution in [2.75, 3.05) is 13.1 Å². The third-order valence-electron chi connectivity index (χ3n) is 5.82. The molecule has 3 aromatic rings. The van der Waals surface area contributed by atoms with E-state index in [1.165, 1.54) is 5.69 Å². The van der Waals surface area contributed by atoms with Crippen LogP contribution in [0, 0.1) is 0 Å². The molecule has 0 atom stereocenters. The van der Waals surface area contributed by atoms with Gasteiger partial charge in [0.2, 0.25) is 0 Å². The first-order chi connectivity index (χ1) is 13.9. The Bertz CT molecular complexity index is 1170. The fourth-order valence-corrected chi connectivity index (χ4v) is 4.31. The van der Waals surface area contributed by atoms with E-state index in [1.807, 2.05) is 6.07 Å². The summed E-state index contributed by atoms with van der Waals surface area (Å²) < 4.78 is 2.20. The SMILES string of the molecule is CCNCCc1cc2cc3c(cc2n1C)CCCc1c-3[nH]c(=O)c(C(=O)O)c1O. The van der Waals surface area contributed by atoms with E-state index in [-0.39, 0.29) is 0 Å². The molecule has 0 fully saturated rings. The van der Waals surface area contributed by atoms with Crippen molar-refractivity contribution in [2.45, 2.75) is 32.6 Å². The lowest BCUT2D eigenvalue weighted by molar-refractivity contribution is 0.0691. The highest BCUT2D eigenvalue weighted by Crippen LogP contribution is 2.38. The van der Waals surface area contributed by atoms with Gasteiger partial charge >= 0.3 is 5.97 Å². The molecule has 1 aromatic carbocycles. The Morgan fingerprint density at radius 2 is 2.07 bits per heavy atom. The number of hydrogen-bond acceptors (Lipinski definition) is 4. The van der Waals surface area contributed by atoms with Crippen molar-refractivity contribution in [2.24, 2.45) is 7.05 Å². The average Bonchev–Trinajstić information content (AvgIpc) is 2.86. The number of aromatic nitrogens is 2. The molecule has 2 heterocycles. The largest absolute Gasteiger partial charge is 0.506 e. The van der Waals surface area contributed by atoms with Gasteiger partial charge in [-0.3, -0.25) is 4.79 Å². The van der Waals surface area contributed by atoms with Gasteiger partial charge < -0.3 is 25.1 Å². The predicted octanol–water partition coefficient (Wildman–Crippen LogP) is 2.58. The Labute approximate surface area is 168 Å². The number of aromatic carboxylic acids is 1. The van der Waals surface area contributed by atoms with Gasteiger partial charge in [-0.15, -0.1) is 0 Å². The van der Waals surface area contributed by atoms with E-state index in [0.29, 0.717) is 17.7 Å². The number of aryl methyl sites for hydroxylation is 2. The smallest absolute Gasteiger partial charge is 0.345 e. The van der Waals surface area contributed by atoms with Crippen molar-refractivity contribution < 1.29 is 15.0 Å². The molecule has 0 saturated carbocycles. The quantitative estimate of drug-likeness (QED) is 0.497. The molecule has 0 aliphatic heterocycles. The molecule has 0 bridgehead atoms. The van der Waals surface area contributed by atoms with Gasteiger partial charge in [-0.2, -0.15) is 0 Å². The molecule has 4 N–H and O–H groups in total. The lowest BCUT2D eigenvalue weighted by Gasteiger charge is -2.13. The van der Waals surface area contributed by atoms with Crippen molar-refractivity contribution in [1.29, 1.82) is 0 Å². The Kier molecular flexibility index (Phi) is 4.92. The number of pyridine rings is 1. The van der Waals surface area contributed by atoms with Crippen LogP contribution in [0.5, 0.6) is 5.75 Å². The summed E-state index contributed by atoms with van der Waals surface area (Å²) in [7, 11) is 2.06. The summed E-state index contributed by atoms with van der Waals surface area (Å²) in [6, 6.07) is 6.35. The maximum atomic E-state index is 12.3. The molecule has 1 aliphatic rings.